The summed E-state index contributed by atoms with van der Waals surface area (Å²) in [5.41, 5.74) is 0.830. The van der Waals surface area contributed by atoms with Gasteiger partial charge in [-0.05, 0) is 37.8 Å². The van der Waals surface area contributed by atoms with Crippen LogP contribution in [0.2, 0.25) is 5.02 Å². The molecule has 1 aromatic rings. The number of ether oxygens (including phenoxy) is 1. The lowest BCUT2D eigenvalue weighted by Gasteiger charge is -2.21. The Morgan fingerprint density at radius 2 is 2.11 bits per heavy atom. The Kier molecular flexibility index (Phi) is 5.93. The molecule has 1 saturated carbocycles. The fourth-order valence-electron chi connectivity index (χ4n) is 2.54. The number of nitrogens with zero attached hydrogens (tertiary/aromatic N) is 1. The molecule has 1 aliphatic carbocycles. The summed E-state index contributed by atoms with van der Waals surface area (Å²) in [6.07, 6.45) is 6.69. The molecular weight excluding hydrogens is 260 g/mol. The van der Waals surface area contributed by atoms with Crippen LogP contribution in [0, 0.1) is 5.92 Å². The van der Waals surface area contributed by atoms with Gasteiger partial charge in [0.15, 0.2) is 0 Å². The van der Waals surface area contributed by atoms with Crippen LogP contribution in [0.25, 0.3) is 0 Å². The third-order valence-electron chi connectivity index (χ3n) is 3.59. The molecule has 1 fully saturated rings. The van der Waals surface area contributed by atoms with Crippen molar-refractivity contribution >= 4 is 17.4 Å². The largest absolute Gasteiger partial charge is 0.375 e. The van der Waals surface area contributed by atoms with Crippen LogP contribution in [0.4, 0.5) is 5.82 Å². The zero-order valence-corrected chi connectivity index (χ0v) is 12.4. The summed E-state index contributed by atoms with van der Waals surface area (Å²) in [6, 6.07) is 3.78. The molecule has 0 spiro atoms. The molecule has 4 heteroatoms. The van der Waals surface area contributed by atoms with Crippen molar-refractivity contribution in [3.63, 3.8) is 0 Å². The Balaban J connectivity index is 1.82. The Labute approximate surface area is 120 Å². The summed E-state index contributed by atoms with van der Waals surface area (Å²) in [5.74, 6) is 1.59. The molecule has 3 nitrogen and oxygen atoms in total. The van der Waals surface area contributed by atoms with Crippen molar-refractivity contribution in [3.8, 4) is 0 Å². The third kappa shape index (κ3) is 4.66. The van der Waals surface area contributed by atoms with Crippen molar-refractivity contribution in [3.05, 3.63) is 22.8 Å². The molecular formula is C15H23ClN2O. The molecule has 0 unspecified atom stereocenters. The van der Waals surface area contributed by atoms with Gasteiger partial charge in [-0.3, -0.25) is 0 Å². The van der Waals surface area contributed by atoms with E-state index in [2.05, 4.69) is 17.2 Å². The number of halogens is 1. The highest BCUT2D eigenvalue weighted by Gasteiger charge is 2.14. The lowest BCUT2D eigenvalue weighted by Crippen LogP contribution is -2.13. The summed E-state index contributed by atoms with van der Waals surface area (Å²) >= 11 is 6.15. The minimum absolute atomic E-state index is 0.508. The van der Waals surface area contributed by atoms with E-state index in [0.29, 0.717) is 11.6 Å². The molecule has 1 N–H and O–H groups in total. The van der Waals surface area contributed by atoms with E-state index < -0.39 is 0 Å². The van der Waals surface area contributed by atoms with Gasteiger partial charge in [0.1, 0.15) is 5.82 Å². The van der Waals surface area contributed by atoms with Crippen LogP contribution in [0.1, 0.15) is 44.7 Å². The van der Waals surface area contributed by atoms with Gasteiger partial charge in [-0.1, -0.05) is 30.9 Å². The first-order chi connectivity index (χ1) is 9.29. The molecule has 1 heterocycles. The molecule has 0 saturated heterocycles. The smallest absolute Gasteiger partial charge is 0.126 e. The topological polar surface area (TPSA) is 34.1 Å². The van der Waals surface area contributed by atoms with Crippen LogP contribution in [0.15, 0.2) is 12.1 Å². The van der Waals surface area contributed by atoms with Crippen molar-refractivity contribution in [1.29, 1.82) is 0 Å². The van der Waals surface area contributed by atoms with Crippen LogP contribution in [0.3, 0.4) is 0 Å². The maximum absolute atomic E-state index is 6.15. The predicted molar refractivity (Wildman–Crippen MR) is 79.6 cm³/mol. The van der Waals surface area contributed by atoms with Gasteiger partial charge < -0.3 is 10.1 Å². The van der Waals surface area contributed by atoms with Gasteiger partial charge in [0.25, 0.3) is 0 Å². The minimum atomic E-state index is 0.508. The van der Waals surface area contributed by atoms with Crippen molar-refractivity contribution < 1.29 is 4.74 Å². The minimum Gasteiger partial charge on any atom is -0.375 e. The van der Waals surface area contributed by atoms with E-state index in [-0.39, 0.29) is 0 Å². The Morgan fingerprint density at radius 3 is 2.84 bits per heavy atom. The normalized spacial score (nSPS) is 16.5. The Bertz CT molecular complexity index is 392. The predicted octanol–water partition coefficient (Wildman–Crippen LogP) is 4.26. The zero-order chi connectivity index (χ0) is 13.5. The molecule has 106 valence electrons. The fourth-order valence-corrected chi connectivity index (χ4v) is 2.70. The average molecular weight is 283 g/mol. The molecule has 19 heavy (non-hydrogen) atoms. The number of hydrogen-bond donors (Lipinski definition) is 1. The van der Waals surface area contributed by atoms with Crippen LogP contribution in [-0.2, 0) is 11.3 Å². The molecule has 0 radical (unpaired) electrons. The number of anilines is 1. The fraction of sp³-hybridized carbons (Fsp3) is 0.667. The summed E-state index contributed by atoms with van der Waals surface area (Å²) in [7, 11) is 0. The van der Waals surface area contributed by atoms with Crippen LogP contribution in [-0.4, -0.2) is 18.1 Å². The summed E-state index contributed by atoms with van der Waals surface area (Å²) < 4.78 is 5.80. The van der Waals surface area contributed by atoms with Crippen molar-refractivity contribution in [2.24, 2.45) is 5.92 Å². The van der Waals surface area contributed by atoms with Gasteiger partial charge in [-0.15, -0.1) is 0 Å². The number of rotatable bonds is 6. The van der Waals surface area contributed by atoms with Gasteiger partial charge in [0, 0.05) is 13.2 Å². The van der Waals surface area contributed by atoms with Crippen LogP contribution >= 0.6 is 11.6 Å². The number of aromatic nitrogens is 1. The monoisotopic (exact) mass is 282 g/mol. The highest BCUT2D eigenvalue weighted by molar-refractivity contribution is 6.31. The Hall–Kier alpha value is -0.800. The second-order valence-electron chi connectivity index (χ2n) is 5.17. The number of nitrogens with one attached hydrogen (secondary N) is 1. The highest BCUT2D eigenvalue weighted by atomic mass is 35.5. The third-order valence-corrected chi connectivity index (χ3v) is 3.94. The van der Waals surface area contributed by atoms with E-state index >= 15 is 0 Å². The lowest BCUT2D eigenvalue weighted by molar-refractivity contribution is 0.0721. The van der Waals surface area contributed by atoms with Crippen molar-refractivity contribution in [1.82, 2.24) is 4.98 Å². The second-order valence-corrected chi connectivity index (χ2v) is 5.58. The van der Waals surface area contributed by atoms with E-state index in [1.807, 2.05) is 12.1 Å². The zero-order valence-electron chi connectivity index (χ0n) is 11.6. The van der Waals surface area contributed by atoms with E-state index in [0.717, 1.165) is 30.6 Å². The van der Waals surface area contributed by atoms with Gasteiger partial charge in [0.05, 0.1) is 17.3 Å². The maximum Gasteiger partial charge on any atom is 0.126 e. The van der Waals surface area contributed by atoms with Crippen LogP contribution in [0.5, 0.6) is 0 Å². The molecule has 0 aromatic carbocycles. The Morgan fingerprint density at radius 1 is 1.32 bits per heavy atom. The molecule has 1 aliphatic rings. The second kappa shape index (κ2) is 7.71. The summed E-state index contributed by atoms with van der Waals surface area (Å²) in [6.45, 7) is 4.25. The van der Waals surface area contributed by atoms with E-state index in [9.17, 15) is 0 Å². The maximum atomic E-state index is 6.15. The highest BCUT2D eigenvalue weighted by Crippen LogP contribution is 2.24. The van der Waals surface area contributed by atoms with E-state index in [4.69, 9.17) is 16.3 Å². The molecule has 1 aromatic heterocycles. The first-order valence-corrected chi connectivity index (χ1v) is 7.64. The van der Waals surface area contributed by atoms with Gasteiger partial charge in [0.2, 0.25) is 0 Å². The summed E-state index contributed by atoms with van der Waals surface area (Å²) in [5, 5.41) is 3.88. The molecule has 0 amide bonds. The quantitative estimate of drug-likeness (QED) is 0.846. The van der Waals surface area contributed by atoms with Crippen molar-refractivity contribution in [2.45, 2.75) is 45.6 Å². The standard InChI is InChI=1S/C15H23ClN2O/c1-2-17-15-9-8-13(16)14(18-15)11-19-10-12-6-4-3-5-7-12/h8-9,12H,2-7,10-11H2,1H3,(H,17,18). The lowest BCUT2D eigenvalue weighted by atomic mass is 9.90. The molecule has 0 bridgehead atoms. The van der Waals surface area contributed by atoms with Gasteiger partial charge in [-0.25, -0.2) is 4.98 Å². The van der Waals surface area contributed by atoms with E-state index in [1.54, 1.807) is 0 Å². The number of hydrogen-bond acceptors (Lipinski definition) is 3. The first kappa shape index (κ1) is 14.6. The SMILES string of the molecule is CCNc1ccc(Cl)c(COCC2CCCCC2)n1. The average Bonchev–Trinajstić information content (AvgIpc) is 2.44. The number of pyridine rings is 1. The van der Waals surface area contributed by atoms with Crippen LogP contribution < -0.4 is 5.32 Å². The van der Waals surface area contributed by atoms with Gasteiger partial charge >= 0.3 is 0 Å². The molecule has 0 aliphatic heterocycles. The van der Waals surface area contributed by atoms with Gasteiger partial charge in [-0.2, -0.15) is 0 Å². The summed E-state index contributed by atoms with van der Waals surface area (Å²) in [4.78, 5) is 4.48. The van der Waals surface area contributed by atoms with E-state index in [1.165, 1.54) is 32.1 Å². The van der Waals surface area contributed by atoms with Crippen molar-refractivity contribution in [2.75, 3.05) is 18.5 Å². The molecule has 2 rings (SSSR count). The first-order valence-electron chi connectivity index (χ1n) is 7.26. The molecule has 0 atom stereocenters.